The van der Waals surface area contributed by atoms with Gasteiger partial charge in [0.05, 0.1) is 0 Å². The Labute approximate surface area is 95.9 Å². The Kier molecular flexibility index (Phi) is 4.83. The number of thiocarbonyl (C=S) groups is 3. The molecule has 1 aliphatic heterocycles. The largest absolute Gasteiger partial charge is 0.247 e. The summed E-state index contributed by atoms with van der Waals surface area (Å²) < 4.78 is 0. The second-order valence-corrected chi connectivity index (χ2v) is 2.48. The summed E-state index contributed by atoms with van der Waals surface area (Å²) in [5, 5.41) is 6.87. The number of hydrogen-bond donors (Lipinski definition) is 1. The molecular formula is C3HN3NaS3. The summed E-state index contributed by atoms with van der Waals surface area (Å²) in [6.07, 6.45) is 0. The summed E-state index contributed by atoms with van der Waals surface area (Å²) in [5.41, 5.74) is 2.42. The smallest absolute Gasteiger partial charge is 0.171 e. The van der Waals surface area contributed by atoms with Gasteiger partial charge in [0.15, 0.2) is 4.99 Å². The zero-order chi connectivity index (χ0) is 6.85. The molecule has 0 aromatic rings. The van der Waals surface area contributed by atoms with E-state index in [9.17, 15) is 0 Å². The third-order valence-electron chi connectivity index (χ3n) is 0.693. The Balaban J connectivity index is 0.000000810. The van der Waals surface area contributed by atoms with E-state index in [1.165, 1.54) is 0 Å². The summed E-state index contributed by atoms with van der Waals surface area (Å²) in [5.74, 6) is 0. The first kappa shape index (κ1) is 10.7. The van der Waals surface area contributed by atoms with E-state index in [1.54, 1.807) is 0 Å². The Morgan fingerprint density at radius 3 is 2.20 bits per heavy atom. The third-order valence-corrected chi connectivity index (χ3v) is 1.93. The molecule has 47 valence electrons. The van der Waals surface area contributed by atoms with Crippen LogP contribution in [0.5, 0.6) is 0 Å². The van der Waals surface area contributed by atoms with E-state index in [4.69, 9.17) is 24.4 Å². The molecule has 7 heteroatoms. The van der Waals surface area contributed by atoms with Crippen LogP contribution in [-0.4, -0.2) is 44.4 Å². The number of hydrogen-bond acceptors (Lipinski definition) is 4. The fourth-order valence-corrected chi connectivity index (χ4v) is 0.741. The molecule has 1 radical (unpaired) electrons. The fourth-order valence-electron chi connectivity index (χ4n) is 0.309. The predicted molar refractivity (Wildman–Crippen MR) is 51.5 cm³/mol. The molecule has 1 N–H and O–H groups in total. The average molecular weight is 198 g/mol. The molecule has 0 aromatic heterocycles. The van der Waals surface area contributed by atoms with Crippen LogP contribution in [0.2, 0.25) is 0 Å². The molecule has 0 saturated carbocycles. The second-order valence-electron chi connectivity index (χ2n) is 1.28. The second kappa shape index (κ2) is 4.53. The zero-order valence-electron chi connectivity index (χ0n) is 5.12. The van der Waals surface area contributed by atoms with Crippen molar-refractivity contribution in [3.63, 3.8) is 0 Å². The van der Waals surface area contributed by atoms with E-state index in [1.807, 2.05) is 0 Å². The zero-order valence-corrected chi connectivity index (χ0v) is 9.57. The summed E-state index contributed by atoms with van der Waals surface area (Å²) in [6, 6.07) is 0. The molecule has 0 amide bonds. The van der Waals surface area contributed by atoms with Gasteiger partial charge < -0.3 is 0 Å². The first-order chi connectivity index (χ1) is 4.22. The Morgan fingerprint density at radius 2 is 1.80 bits per heavy atom. The molecule has 10 heavy (non-hydrogen) atoms. The molecule has 0 atom stereocenters. The van der Waals surface area contributed by atoms with Gasteiger partial charge in [-0.1, -0.05) is 41.9 Å². The third kappa shape index (κ3) is 2.37. The normalized spacial score (nSPS) is 16.2. The van der Waals surface area contributed by atoms with Gasteiger partial charge in [-0.2, -0.15) is 0 Å². The van der Waals surface area contributed by atoms with Crippen LogP contribution < -0.4 is 5.43 Å². The van der Waals surface area contributed by atoms with E-state index in [2.05, 4.69) is 28.0 Å². The van der Waals surface area contributed by atoms with Gasteiger partial charge in [0.25, 0.3) is 0 Å². The van der Waals surface area contributed by atoms with E-state index in [0.29, 0.717) is 9.85 Å². The molecule has 0 aliphatic carbocycles. The molecule has 1 aliphatic rings. The van der Waals surface area contributed by atoms with Gasteiger partial charge in [-0.15, -0.1) is 5.11 Å². The number of nitrogens with one attached hydrogen (secondary N) is 1. The van der Waals surface area contributed by atoms with E-state index in [-0.39, 0.29) is 34.5 Å². The standard InChI is InChI=1S/C3HN3S3.Na/c7-1-2(8)4-6-5-3(1)9;/h(H,4,5,8,9);. The van der Waals surface area contributed by atoms with Crippen molar-refractivity contribution in [2.24, 2.45) is 10.3 Å². The number of nitrogens with zero attached hydrogens (tertiary/aromatic N) is 2. The Morgan fingerprint density at radius 1 is 1.20 bits per heavy atom. The molecule has 0 bridgehead atoms. The van der Waals surface area contributed by atoms with Crippen molar-refractivity contribution in [2.45, 2.75) is 0 Å². The van der Waals surface area contributed by atoms with Crippen molar-refractivity contribution in [3.8, 4) is 0 Å². The maximum atomic E-state index is 4.75. The van der Waals surface area contributed by atoms with Crippen molar-refractivity contribution in [2.75, 3.05) is 0 Å². The summed E-state index contributed by atoms with van der Waals surface area (Å²) in [7, 11) is 0. The van der Waals surface area contributed by atoms with Crippen LogP contribution >= 0.6 is 36.7 Å². The van der Waals surface area contributed by atoms with E-state index >= 15 is 0 Å². The van der Waals surface area contributed by atoms with Crippen molar-refractivity contribution in [1.82, 2.24) is 5.43 Å². The maximum absolute atomic E-state index is 4.75. The van der Waals surface area contributed by atoms with E-state index in [0.717, 1.165) is 0 Å². The summed E-state index contributed by atoms with van der Waals surface area (Å²) in [4.78, 5) is 1.06. The molecule has 0 fully saturated rings. The monoisotopic (exact) mass is 198 g/mol. The maximum Gasteiger partial charge on any atom is 0.171 e. The quantitative estimate of drug-likeness (QED) is 0.457. The van der Waals surface area contributed by atoms with Crippen LogP contribution in [0.3, 0.4) is 0 Å². The van der Waals surface area contributed by atoms with Gasteiger partial charge in [-0.05, 0) is 0 Å². The summed E-state index contributed by atoms with van der Waals surface area (Å²) >= 11 is 14.1. The summed E-state index contributed by atoms with van der Waals surface area (Å²) in [6.45, 7) is 0. The first-order valence-corrected chi connectivity index (χ1v) is 3.23. The van der Waals surface area contributed by atoms with Crippen LogP contribution in [0.25, 0.3) is 0 Å². The molecule has 1 heterocycles. The van der Waals surface area contributed by atoms with Crippen LogP contribution in [0.4, 0.5) is 0 Å². The van der Waals surface area contributed by atoms with Gasteiger partial charge in [0.1, 0.15) is 9.85 Å². The molecule has 1 rings (SSSR count). The van der Waals surface area contributed by atoms with Crippen molar-refractivity contribution in [3.05, 3.63) is 0 Å². The van der Waals surface area contributed by atoms with Gasteiger partial charge in [0, 0.05) is 29.6 Å². The van der Waals surface area contributed by atoms with Crippen molar-refractivity contribution < 1.29 is 0 Å². The van der Waals surface area contributed by atoms with Gasteiger partial charge >= 0.3 is 0 Å². The minimum absolute atomic E-state index is 0. The van der Waals surface area contributed by atoms with E-state index < -0.39 is 0 Å². The number of rotatable bonds is 0. The molecule has 0 aromatic carbocycles. The van der Waals surface area contributed by atoms with Gasteiger partial charge in [0.2, 0.25) is 0 Å². The van der Waals surface area contributed by atoms with Crippen LogP contribution in [0.15, 0.2) is 10.3 Å². The average Bonchev–Trinajstić information content (AvgIpc) is 1.83. The molecule has 0 unspecified atom stereocenters. The predicted octanol–water partition coefficient (Wildman–Crippen LogP) is 0.601. The minimum Gasteiger partial charge on any atom is -0.247 e. The van der Waals surface area contributed by atoms with Crippen LogP contribution in [-0.2, 0) is 0 Å². The Hall–Kier alpha value is 0.670. The Bertz CT molecular complexity index is 223. The molecule has 0 saturated heterocycles. The van der Waals surface area contributed by atoms with Crippen LogP contribution in [0, 0.1) is 0 Å². The fraction of sp³-hybridized carbons (Fsp3) is 0. The minimum atomic E-state index is 0. The van der Waals surface area contributed by atoms with Crippen LogP contribution in [0.1, 0.15) is 0 Å². The van der Waals surface area contributed by atoms with Gasteiger partial charge in [-0.3, -0.25) is 0 Å². The molecule has 3 nitrogen and oxygen atoms in total. The van der Waals surface area contributed by atoms with Crippen molar-refractivity contribution in [1.29, 1.82) is 0 Å². The van der Waals surface area contributed by atoms with Crippen molar-refractivity contribution >= 4 is 81.1 Å². The molecular weight excluding hydrogens is 197 g/mol. The SMILES string of the molecule is S=C1N=NNC(=S)C1=S.[Na]. The topological polar surface area (TPSA) is 36.8 Å². The first-order valence-electron chi connectivity index (χ1n) is 2.01. The molecule has 0 spiro atoms. The van der Waals surface area contributed by atoms with Gasteiger partial charge in [-0.25, -0.2) is 5.43 Å².